The van der Waals surface area contributed by atoms with E-state index in [1.165, 1.54) is 24.3 Å². The molecule has 9 heteroatoms. The van der Waals surface area contributed by atoms with Crippen LogP contribution in [0.15, 0.2) is 60.3 Å². The number of amides is 5. The summed E-state index contributed by atoms with van der Waals surface area (Å²) in [6.45, 7) is 3.76. The molecule has 0 bridgehead atoms. The highest BCUT2D eigenvalue weighted by atomic mass is 19.1. The molecule has 5 amide bonds. The second kappa shape index (κ2) is 9.41. The number of anilines is 1. The highest BCUT2D eigenvalue weighted by Gasteiger charge is 2.38. The van der Waals surface area contributed by atoms with Crippen molar-refractivity contribution in [1.29, 1.82) is 0 Å². The van der Waals surface area contributed by atoms with Crippen molar-refractivity contribution < 1.29 is 23.6 Å². The number of nitrogens with zero attached hydrogens (tertiary/aromatic N) is 3. The Hall–Kier alpha value is -4.27. The van der Waals surface area contributed by atoms with E-state index < -0.39 is 23.7 Å². The lowest BCUT2D eigenvalue weighted by Crippen LogP contribution is -2.54. The maximum atomic E-state index is 14.4. The van der Waals surface area contributed by atoms with Crippen molar-refractivity contribution in [2.24, 2.45) is 5.92 Å². The number of urea groups is 1. The van der Waals surface area contributed by atoms with E-state index in [4.69, 9.17) is 0 Å². The second-order valence-electron chi connectivity index (χ2n) is 9.20. The number of hydrogen-bond acceptors (Lipinski definition) is 4. The predicted molar refractivity (Wildman–Crippen MR) is 132 cm³/mol. The van der Waals surface area contributed by atoms with Gasteiger partial charge in [-0.2, -0.15) is 0 Å². The van der Waals surface area contributed by atoms with Crippen LogP contribution >= 0.6 is 0 Å². The summed E-state index contributed by atoms with van der Waals surface area (Å²) < 4.78 is 16.2. The first-order chi connectivity index (χ1) is 17.3. The van der Waals surface area contributed by atoms with Gasteiger partial charge in [-0.15, -0.1) is 0 Å². The van der Waals surface area contributed by atoms with E-state index in [9.17, 15) is 23.6 Å². The van der Waals surface area contributed by atoms with Crippen molar-refractivity contribution in [2.45, 2.75) is 26.3 Å². The van der Waals surface area contributed by atoms with E-state index in [1.54, 1.807) is 10.8 Å². The molecule has 0 atom stereocenters. The first kappa shape index (κ1) is 23.5. The van der Waals surface area contributed by atoms with Gasteiger partial charge in [0.2, 0.25) is 5.91 Å². The van der Waals surface area contributed by atoms with Gasteiger partial charge in [0.1, 0.15) is 17.9 Å². The predicted octanol–water partition coefficient (Wildman–Crippen LogP) is 3.71. The molecule has 2 aliphatic heterocycles. The zero-order valence-electron chi connectivity index (χ0n) is 19.7. The number of nitrogens with one attached hydrogen (secondary N) is 1. The van der Waals surface area contributed by atoms with Crippen molar-refractivity contribution in [3.8, 4) is 0 Å². The van der Waals surface area contributed by atoms with Crippen LogP contribution in [0.1, 0.15) is 25.3 Å². The number of carbonyl (C=O) groups is 4. The SMILES string of the molecule is CC1CCN(C(=O)Cn2cc(C=C3C(=O)NC(=O)N(c4ccccc4F)C3=O)c3ccccc32)CC1. The standard InChI is InChI=1S/C27H25FN4O4/c1-17-10-12-30(13-11-17)24(33)16-31-15-18(19-6-2-4-8-22(19)31)14-20-25(34)29-27(36)32(26(20)35)23-9-5-3-7-21(23)28/h2-9,14-15,17H,10-13,16H2,1H3,(H,29,34,36). The third-order valence-electron chi connectivity index (χ3n) is 6.76. The van der Waals surface area contributed by atoms with Crippen LogP contribution in [-0.2, 0) is 20.9 Å². The largest absolute Gasteiger partial charge is 0.341 e. The Balaban J connectivity index is 1.49. The minimum Gasteiger partial charge on any atom is -0.341 e. The van der Waals surface area contributed by atoms with E-state index in [2.05, 4.69) is 12.2 Å². The quantitative estimate of drug-likeness (QED) is 0.448. The normalized spacial score (nSPS) is 18.3. The third-order valence-corrected chi connectivity index (χ3v) is 6.76. The summed E-state index contributed by atoms with van der Waals surface area (Å²) in [5.74, 6) is -1.95. The van der Waals surface area contributed by atoms with Crippen LogP contribution in [0.3, 0.4) is 0 Å². The number of piperidine rings is 1. The van der Waals surface area contributed by atoms with Crippen molar-refractivity contribution in [1.82, 2.24) is 14.8 Å². The van der Waals surface area contributed by atoms with Crippen LogP contribution in [-0.4, -0.2) is 46.3 Å². The number of benzene rings is 2. The van der Waals surface area contributed by atoms with Gasteiger partial charge in [0, 0.05) is 35.8 Å². The van der Waals surface area contributed by atoms with Crippen LogP contribution in [0.5, 0.6) is 0 Å². The molecule has 0 unspecified atom stereocenters. The van der Waals surface area contributed by atoms with E-state index in [0.717, 1.165) is 42.9 Å². The molecule has 0 radical (unpaired) electrons. The number of hydrogen-bond donors (Lipinski definition) is 1. The summed E-state index contributed by atoms with van der Waals surface area (Å²) in [6.07, 6.45) is 5.05. The monoisotopic (exact) mass is 488 g/mol. The molecular formula is C27H25FN4O4. The number of aromatic nitrogens is 1. The van der Waals surface area contributed by atoms with Gasteiger partial charge < -0.3 is 9.47 Å². The van der Waals surface area contributed by atoms with Gasteiger partial charge in [-0.3, -0.25) is 19.7 Å². The molecule has 184 valence electrons. The molecule has 2 aromatic carbocycles. The van der Waals surface area contributed by atoms with Crippen LogP contribution in [0.2, 0.25) is 0 Å². The van der Waals surface area contributed by atoms with E-state index >= 15 is 0 Å². The highest BCUT2D eigenvalue weighted by Crippen LogP contribution is 2.28. The molecule has 3 heterocycles. The minimum absolute atomic E-state index is 0.00432. The minimum atomic E-state index is -1.02. The molecule has 2 saturated heterocycles. The molecule has 0 spiro atoms. The van der Waals surface area contributed by atoms with E-state index in [-0.39, 0.29) is 23.7 Å². The Morgan fingerprint density at radius 1 is 1.06 bits per heavy atom. The maximum absolute atomic E-state index is 14.4. The summed E-state index contributed by atoms with van der Waals surface area (Å²) in [5.41, 5.74) is 0.750. The lowest BCUT2D eigenvalue weighted by atomic mass is 9.99. The van der Waals surface area contributed by atoms with Gasteiger partial charge in [-0.05, 0) is 43.0 Å². The summed E-state index contributed by atoms with van der Waals surface area (Å²) in [6, 6.07) is 11.7. The number of para-hydroxylation sites is 2. The van der Waals surface area contributed by atoms with Gasteiger partial charge in [-0.25, -0.2) is 14.1 Å². The first-order valence-corrected chi connectivity index (χ1v) is 11.8. The number of carbonyl (C=O) groups excluding carboxylic acids is 4. The zero-order valence-corrected chi connectivity index (χ0v) is 19.7. The molecule has 0 saturated carbocycles. The van der Waals surface area contributed by atoms with Crippen LogP contribution in [0, 0.1) is 11.7 Å². The molecule has 1 aromatic heterocycles. The molecule has 36 heavy (non-hydrogen) atoms. The first-order valence-electron chi connectivity index (χ1n) is 11.8. The molecule has 5 rings (SSSR count). The Morgan fingerprint density at radius 3 is 2.50 bits per heavy atom. The Morgan fingerprint density at radius 2 is 1.75 bits per heavy atom. The number of fused-ring (bicyclic) bond motifs is 1. The molecule has 0 aliphatic carbocycles. The van der Waals surface area contributed by atoms with Gasteiger partial charge >= 0.3 is 6.03 Å². The molecule has 1 N–H and O–H groups in total. The summed E-state index contributed by atoms with van der Waals surface area (Å²) in [4.78, 5) is 53.7. The number of barbiturate groups is 1. The topological polar surface area (TPSA) is 91.7 Å². The lowest BCUT2D eigenvalue weighted by molar-refractivity contribution is -0.133. The Bertz CT molecular complexity index is 1420. The van der Waals surface area contributed by atoms with Gasteiger partial charge in [0.25, 0.3) is 11.8 Å². The number of likely N-dealkylation sites (tertiary alicyclic amines) is 1. The van der Waals surface area contributed by atoms with Crippen molar-refractivity contribution in [3.63, 3.8) is 0 Å². The molecule has 8 nitrogen and oxygen atoms in total. The fourth-order valence-corrected chi connectivity index (χ4v) is 4.69. The van der Waals surface area contributed by atoms with Gasteiger partial charge in [-0.1, -0.05) is 37.3 Å². The smallest absolute Gasteiger partial charge is 0.336 e. The number of rotatable bonds is 4. The second-order valence-corrected chi connectivity index (χ2v) is 9.20. The average Bonchev–Trinajstić information content (AvgIpc) is 3.20. The number of imide groups is 2. The Kier molecular flexibility index (Phi) is 6.13. The zero-order chi connectivity index (χ0) is 25.4. The lowest BCUT2D eigenvalue weighted by Gasteiger charge is -2.30. The highest BCUT2D eigenvalue weighted by molar-refractivity contribution is 6.39. The van der Waals surface area contributed by atoms with Crippen LogP contribution in [0.4, 0.5) is 14.9 Å². The summed E-state index contributed by atoms with van der Waals surface area (Å²) >= 11 is 0. The molecule has 3 aromatic rings. The average molecular weight is 489 g/mol. The van der Waals surface area contributed by atoms with Crippen molar-refractivity contribution in [3.05, 3.63) is 71.7 Å². The van der Waals surface area contributed by atoms with E-state index in [0.29, 0.717) is 16.4 Å². The molecule has 2 aliphatic rings. The third kappa shape index (κ3) is 4.28. The fraction of sp³-hybridized carbons (Fsp3) is 0.259. The van der Waals surface area contributed by atoms with Crippen LogP contribution < -0.4 is 10.2 Å². The molecular weight excluding hydrogens is 463 g/mol. The maximum Gasteiger partial charge on any atom is 0.336 e. The number of halogens is 1. The fourth-order valence-electron chi connectivity index (χ4n) is 4.69. The van der Waals surface area contributed by atoms with Gasteiger partial charge in [0.05, 0.1) is 5.69 Å². The van der Waals surface area contributed by atoms with Crippen molar-refractivity contribution in [2.75, 3.05) is 18.0 Å². The van der Waals surface area contributed by atoms with Crippen molar-refractivity contribution >= 4 is 46.4 Å². The summed E-state index contributed by atoms with van der Waals surface area (Å²) in [5, 5.41) is 2.85. The Labute approximate surface area is 207 Å². The van der Waals surface area contributed by atoms with E-state index in [1.807, 2.05) is 29.2 Å². The van der Waals surface area contributed by atoms with Crippen LogP contribution in [0.25, 0.3) is 17.0 Å². The molecule has 2 fully saturated rings. The van der Waals surface area contributed by atoms with Gasteiger partial charge in [0.15, 0.2) is 0 Å². The summed E-state index contributed by atoms with van der Waals surface area (Å²) in [7, 11) is 0.